The number of hydrogen-bond donors (Lipinski definition) is 2. The normalized spacial score (nSPS) is 22.6. The third kappa shape index (κ3) is 6.38. The van der Waals surface area contributed by atoms with Crippen molar-refractivity contribution in [2.45, 2.75) is 44.6 Å². The van der Waals surface area contributed by atoms with Crippen molar-refractivity contribution in [3.63, 3.8) is 0 Å². The molecule has 1 heterocycles. The Kier molecular flexibility index (Phi) is 9.06. The van der Waals surface area contributed by atoms with E-state index >= 15 is 0 Å². The average Bonchev–Trinajstić information content (AvgIpc) is 2.73. The van der Waals surface area contributed by atoms with Gasteiger partial charge in [-0.3, -0.25) is 9.59 Å². The van der Waals surface area contributed by atoms with Gasteiger partial charge in [0.1, 0.15) is 5.75 Å². The fourth-order valence-corrected chi connectivity index (χ4v) is 3.90. The van der Waals surface area contributed by atoms with Gasteiger partial charge in [0.05, 0.1) is 19.6 Å². The van der Waals surface area contributed by atoms with Crippen molar-refractivity contribution < 1.29 is 19.1 Å². The lowest BCUT2D eigenvalue weighted by atomic mass is 9.86. The third-order valence-corrected chi connectivity index (χ3v) is 5.64. The first-order valence-corrected chi connectivity index (χ1v) is 9.98. The summed E-state index contributed by atoms with van der Waals surface area (Å²) in [7, 11) is 1.43. The summed E-state index contributed by atoms with van der Waals surface area (Å²) in [6.07, 6.45) is 5.39. The van der Waals surface area contributed by atoms with Gasteiger partial charge in [0.2, 0.25) is 0 Å². The van der Waals surface area contributed by atoms with E-state index in [-0.39, 0.29) is 36.2 Å². The molecular weight excluding hydrogens is 380 g/mol. The topological polar surface area (TPSA) is 76.7 Å². The van der Waals surface area contributed by atoms with Crippen molar-refractivity contribution in [2.75, 3.05) is 26.8 Å². The maximum absolute atomic E-state index is 12.6. The molecule has 1 saturated carbocycles. The predicted octanol–water partition coefficient (Wildman–Crippen LogP) is 2.95. The van der Waals surface area contributed by atoms with E-state index in [2.05, 4.69) is 10.6 Å². The number of halogens is 1. The first kappa shape index (κ1) is 22.5. The molecule has 7 heteroatoms. The van der Waals surface area contributed by atoms with Gasteiger partial charge < -0.3 is 20.1 Å². The van der Waals surface area contributed by atoms with E-state index in [1.54, 1.807) is 0 Å². The minimum Gasteiger partial charge on any atom is -0.493 e. The molecule has 6 nitrogen and oxygen atoms in total. The standard InChI is InChI=1S/C21H30N2O4.ClH/c1-26-21(25)16-5-7-18(8-6-16)23-20(24)17-3-2-4-19(13-17)27-14-15-9-11-22-12-10-15;/h2-4,13,15-16,18,22H,5-12,14H2,1H3,(H,23,24);1H. The molecule has 0 aromatic heterocycles. The zero-order valence-corrected chi connectivity index (χ0v) is 17.3. The molecule has 0 atom stereocenters. The van der Waals surface area contributed by atoms with Gasteiger partial charge in [-0.2, -0.15) is 0 Å². The van der Waals surface area contributed by atoms with Crippen molar-refractivity contribution in [3.05, 3.63) is 29.8 Å². The van der Waals surface area contributed by atoms with Crippen LogP contribution in [-0.4, -0.2) is 44.7 Å². The predicted molar refractivity (Wildman–Crippen MR) is 110 cm³/mol. The van der Waals surface area contributed by atoms with Crippen LogP contribution in [0.3, 0.4) is 0 Å². The molecule has 1 amide bonds. The molecular formula is C21H31ClN2O4. The van der Waals surface area contributed by atoms with Gasteiger partial charge in [0, 0.05) is 11.6 Å². The lowest BCUT2D eigenvalue weighted by molar-refractivity contribution is -0.146. The highest BCUT2D eigenvalue weighted by Crippen LogP contribution is 2.25. The molecule has 156 valence electrons. The quantitative estimate of drug-likeness (QED) is 0.705. The molecule has 1 aliphatic carbocycles. The molecule has 0 radical (unpaired) electrons. The van der Waals surface area contributed by atoms with E-state index in [9.17, 15) is 9.59 Å². The number of carbonyl (C=O) groups is 2. The zero-order chi connectivity index (χ0) is 19.1. The van der Waals surface area contributed by atoms with Crippen molar-refractivity contribution in [1.29, 1.82) is 0 Å². The Bertz CT molecular complexity index is 641. The summed E-state index contributed by atoms with van der Waals surface area (Å²) in [5.41, 5.74) is 0.618. The highest BCUT2D eigenvalue weighted by Gasteiger charge is 2.27. The van der Waals surface area contributed by atoms with Crippen molar-refractivity contribution in [3.8, 4) is 5.75 Å². The maximum atomic E-state index is 12.6. The smallest absolute Gasteiger partial charge is 0.308 e. The fraction of sp³-hybridized carbons (Fsp3) is 0.619. The molecule has 2 aliphatic rings. The summed E-state index contributed by atoms with van der Waals surface area (Å²) >= 11 is 0. The van der Waals surface area contributed by atoms with Gasteiger partial charge in [-0.15, -0.1) is 12.4 Å². The summed E-state index contributed by atoms with van der Waals surface area (Å²) in [6, 6.07) is 7.50. The maximum Gasteiger partial charge on any atom is 0.308 e. The number of nitrogens with one attached hydrogen (secondary N) is 2. The van der Waals surface area contributed by atoms with E-state index < -0.39 is 0 Å². The van der Waals surface area contributed by atoms with Crippen molar-refractivity contribution >= 4 is 24.3 Å². The number of amides is 1. The number of ether oxygens (including phenoxy) is 2. The monoisotopic (exact) mass is 410 g/mol. The number of carbonyl (C=O) groups excluding carboxylic acids is 2. The molecule has 1 aromatic carbocycles. The molecule has 0 spiro atoms. The van der Waals surface area contributed by atoms with Crippen LogP contribution < -0.4 is 15.4 Å². The highest BCUT2D eigenvalue weighted by atomic mass is 35.5. The van der Waals surface area contributed by atoms with Crippen LogP contribution >= 0.6 is 12.4 Å². The van der Waals surface area contributed by atoms with Crippen LogP contribution in [0.2, 0.25) is 0 Å². The van der Waals surface area contributed by atoms with Gasteiger partial charge in [-0.25, -0.2) is 0 Å². The SMILES string of the molecule is COC(=O)C1CCC(NC(=O)c2cccc(OCC3CCNCC3)c2)CC1.Cl. The molecule has 2 fully saturated rings. The van der Waals surface area contributed by atoms with E-state index in [0.29, 0.717) is 18.1 Å². The molecule has 3 rings (SSSR count). The molecule has 0 unspecified atom stereocenters. The number of rotatable bonds is 6. The fourth-order valence-electron chi connectivity index (χ4n) is 3.90. The zero-order valence-electron chi connectivity index (χ0n) is 16.4. The lowest BCUT2D eigenvalue weighted by Crippen LogP contribution is -2.38. The molecule has 1 saturated heterocycles. The summed E-state index contributed by atoms with van der Waals surface area (Å²) < 4.78 is 10.7. The number of piperidine rings is 1. The number of methoxy groups -OCH3 is 1. The summed E-state index contributed by atoms with van der Waals surface area (Å²) in [5.74, 6) is 1.07. The van der Waals surface area contributed by atoms with Gasteiger partial charge in [0.15, 0.2) is 0 Å². The van der Waals surface area contributed by atoms with Crippen LogP contribution in [0.4, 0.5) is 0 Å². The Hall–Kier alpha value is -1.79. The first-order valence-electron chi connectivity index (χ1n) is 9.98. The lowest BCUT2D eigenvalue weighted by Gasteiger charge is -2.27. The summed E-state index contributed by atoms with van der Waals surface area (Å²) in [6.45, 7) is 2.80. The van der Waals surface area contributed by atoms with Crippen molar-refractivity contribution in [2.24, 2.45) is 11.8 Å². The van der Waals surface area contributed by atoms with Crippen LogP contribution in [0.15, 0.2) is 24.3 Å². The van der Waals surface area contributed by atoms with Crippen LogP contribution in [0, 0.1) is 11.8 Å². The van der Waals surface area contributed by atoms with Gasteiger partial charge in [0.25, 0.3) is 5.91 Å². The molecule has 1 aromatic rings. The van der Waals surface area contributed by atoms with Gasteiger partial charge in [-0.1, -0.05) is 6.07 Å². The minimum absolute atomic E-state index is 0. The van der Waals surface area contributed by atoms with E-state index in [1.165, 1.54) is 7.11 Å². The second kappa shape index (κ2) is 11.3. The largest absolute Gasteiger partial charge is 0.493 e. The minimum atomic E-state index is -0.140. The molecule has 1 aliphatic heterocycles. The van der Waals surface area contributed by atoms with E-state index in [4.69, 9.17) is 9.47 Å². The molecule has 2 N–H and O–H groups in total. The van der Waals surface area contributed by atoms with Crippen LogP contribution in [0.5, 0.6) is 5.75 Å². The highest BCUT2D eigenvalue weighted by molar-refractivity contribution is 5.94. The third-order valence-electron chi connectivity index (χ3n) is 5.64. The van der Waals surface area contributed by atoms with E-state index in [1.807, 2.05) is 24.3 Å². The van der Waals surface area contributed by atoms with Crippen LogP contribution in [0.25, 0.3) is 0 Å². The Morgan fingerprint density at radius 1 is 1.11 bits per heavy atom. The number of esters is 1. The van der Waals surface area contributed by atoms with Crippen LogP contribution in [0.1, 0.15) is 48.9 Å². The average molecular weight is 411 g/mol. The second-order valence-electron chi connectivity index (χ2n) is 7.58. The Morgan fingerprint density at radius 2 is 1.82 bits per heavy atom. The Balaban J connectivity index is 0.00000280. The molecule has 28 heavy (non-hydrogen) atoms. The molecule has 0 bridgehead atoms. The number of hydrogen-bond acceptors (Lipinski definition) is 5. The van der Waals surface area contributed by atoms with Crippen LogP contribution in [-0.2, 0) is 9.53 Å². The summed E-state index contributed by atoms with van der Waals surface area (Å²) in [5, 5.41) is 6.44. The van der Waals surface area contributed by atoms with E-state index in [0.717, 1.165) is 57.4 Å². The Morgan fingerprint density at radius 3 is 2.50 bits per heavy atom. The first-order chi connectivity index (χ1) is 13.2. The summed E-state index contributed by atoms with van der Waals surface area (Å²) in [4.78, 5) is 24.2. The second-order valence-corrected chi connectivity index (χ2v) is 7.58. The van der Waals surface area contributed by atoms with Gasteiger partial charge in [-0.05, 0) is 75.7 Å². The number of benzene rings is 1. The van der Waals surface area contributed by atoms with Crippen molar-refractivity contribution in [1.82, 2.24) is 10.6 Å². The Labute approximate surface area is 173 Å². The van der Waals surface area contributed by atoms with Gasteiger partial charge >= 0.3 is 5.97 Å².